The molecule has 0 bridgehead atoms. The molecule has 0 fully saturated rings. The number of carbonyl (C=O) groups is 2. The second kappa shape index (κ2) is 8.38. The Balaban J connectivity index is 1.25. The number of aliphatic hydroxyl groups excluding tert-OH is 1. The van der Waals surface area contributed by atoms with Gasteiger partial charge in [-0.2, -0.15) is 11.3 Å². The van der Waals surface area contributed by atoms with Crippen LogP contribution in [-0.2, 0) is 16.1 Å². The number of aliphatic hydroxyl groups is 1. The summed E-state index contributed by atoms with van der Waals surface area (Å²) in [6, 6.07) is 10.6. The number of ether oxygens (including phenoxy) is 2. The Morgan fingerprint density at radius 3 is 2.72 bits per heavy atom. The third-order valence-electron chi connectivity index (χ3n) is 4.31. The minimum absolute atomic E-state index is 0.146. The summed E-state index contributed by atoms with van der Waals surface area (Å²) in [5.74, 6) is 0.555. The van der Waals surface area contributed by atoms with Gasteiger partial charge in [-0.25, -0.2) is 0 Å². The SMILES string of the molecule is O=C(NCc1ccc2c(c1)OCO2)C(=O)NC[C@H](O)c1ccc(-c2ccsc2)o1. The number of carbonyl (C=O) groups excluding carboxylic acids is 2. The maximum Gasteiger partial charge on any atom is 0.309 e. The number of furan rings is 1. The molecule has 3 aromatic rings. The molecule has 0 saturated heterocycles. The Kier molecular flexibility index (Phi) is 5.50. The van der Waals surface area contributed by atoms with Gasteiger partial charge in [0.1, 0.15) is 17.6 Å². The van der Waals surface area contributed by atoms with E-state index in [9.17, 15) is 14.7 Å². The highest BCUT2D eigenvalue weighted by Gasteiger charge is 2.19. The minimum atomic E-state index is -1.06. The van der Waals surface area contributed by atoms with E-state index < -0.39 is 17.9 Å². The van der Waals surface area contributed by atoms with Crippen molar-refractivity contribution in [1.82, 2.24) is 10.6 Å². The van der Waals surface area contributed by atoms with Gasteiger partial charge in [-0.3, -0.25) is 9.59 Å². The molecule has 0 saturated carbocycles. The van der Waals surface area contributed by atoms with Crippen LogP contribution in [0.1, 0.15) is 17.4 Å². The number of hydrogen-bond donors (Lipinski definition) is 3. The van der Waals surface area contributed by atoms with Gasteiger partial charge in [0.15, 0.2) is 11.5 Å². The zero-order chi connectivity index (χ0) is 20.2. The number of fused-ring (bicyclic) bond motifs is 1. The summed E-state index contributed by atoms with van der Waals surface area (Å²) in [4.78, 5) is 23.9. The van der Waals surface area contributed by atoms with Crippen molar-refractivity contribution in [2.45, 2.75) is 12.6 Å². The zero-order valence-corrected chi connectivity index (χ0v) is 16.0. The maximum atomic E-state index is 12.0. The van der Waals surface area contributed by atoms with Crippen LogP contribution in [0.4, 0.5) is 0 Å². The van der Waals surface area contributed by atoms with Crippen molar-refractivity contribution in [3.8, 4) is 22.8 Å². The molecule has 29 heavy (non-hydrogen) atoms. The number of thiophene rings is 1. The van der Waals surface area contributed by atoms with Crippen molar-refractivity contribution in [1.29, 1.82) is 0 Å². The average molecular weight is 414 g/mol. The highest BCUT2D eigenvalue weighted by molar-refractivity contribution is 7.08. The van der Waals surface area contributed by atoms with Crippen molar-refractivity contribution in [3.63, 3.8) is 0 Å². The van der Waals surface area contributed by atoms with Crippen LogP contribution < -0.4 is 20.1 Å². The largest absolute Gasteiger partial charge is 0.458 e. The number of nitrogens with one attached hydrogen (secondary N) is 2. The Morgan fingerprint density at radius 1 is 1.07 bits per heavy atom. The predicted molar refractivity (Wildman–Crippen MR) is 104 cm³/mol. The molecule has 2 aromatic heterocycles. The van der Waals surface area contributed by atoms with E-state index in [-0.39, 0.29) is 19.9 Å². The van der Waals surface area contributed by atoms with E-state index in [0.717, 1.165) is 11.1 Å². The fourth-order valence-corrected chi connectivity index (χ4v) is 3.42. The maximum absolute atomic E-state index is 12.0. The number of rotatable bonds is 6. The molecule has 9 heteroatoms. The Hall–Kier alpha value is -3.30. The Morgan fingerprint density at radius 2 is 1.90 bits per heavy atom. The van der Waals surface area contributed by atoms with Gasteiger partial charge in [-0.15, -0.1) is 0 Å². The molecule has 0 aliphatic carbocycles. The van der Waals surface area contributed by atoms with Crippen molar-refractivity contribution in [2.24, 2.45) is 0 Å². The van der Waals surface area contributed by atoms with Crippen LogP contribution in [-0.4, -0.2) is 30.3 Å². The van der Waals surface area contributed by atoms with Crippen LogP contribution in [0.3, 0.4) is 0 Å². The predicted octanol–water partition coefficient (Wildman–Crippen LogP) is 2.20. The van der Waals surface area contributed by atoms with E-state index in [0.29, 0.717) is 23.0 Å². The summed E-state index contributed by atoms with van der Waals surface area (Å²) in [6.45, 7) is 0.181. The first kappa shape index (κ1) is 19.0. The third kappa shape index (κ3) is 4.41. The highest BCUT2D eigenvalue weighted by atomic mass is 32.1. The molecule has 1 atom stereocenters. The van der Waals surface area contributed by atoms with E-state index in [2.05, 4.69) is 10.6 Å². The monoisotopic (exact) mass is 414 g/mol. The third-order valence-corrected chi connectivity index (χ3v) is 5.00. The molecule has 3 N–H and O–H groups in total. The smallest absolute Gasteiger partial charge is 0.309 e. The van der Waals surface area contributed by atoms with Crippen molar-refractivity contribution in [3.05, 3.63) is 58.5 Å². The fourth-order valence-electron chi connectivity index (χ4n) is 2.78. The molecular weight excluding hydrogens is 396 g/mol. The van der Waals surface area contributed by atoms with Gasteiger partial charge >= 0.3 is 11.8 Å². The lowest BCUT2D eigenvalue weighted by atomic mass is 10.2. The number of benzene rings is 1. The van der Waals surface area contributed by atoms with Gasteiger partial charge in [0, 0.05) is 17.5 Å². The van der Waals surface area contributed by atoms with Crippen LogP contribution in [0, 0.1) is 0 Å². The lowest BCUT2D eigenvalue weighted by Crippen LogP contribution is -2.41. The van der Waals surface area contributed by atoms with E-state index in [1.54, 1.807) is 41.7 Å². The van der Waals surface area contributed by atoms with Gasteiger partial charge in [0.2, 0.25) is 6.79 Å². The fraction of sp³-hybridized carbons (Fsp3) is 0.200. The molecular formula is C20H18N2O6S. The van der Waals surface area contributed by atoms with Crippen LogP contribution in [0.25, 0.3) is 11.3 Å². The molecule has 150 valence electrons. The molecule has 0 unspecified atom stereocenters. The van der Waals surface area contributed by atoms with E-state index in [1.165, 1.54) is 0 Å². The van der Waals surface area contributed by atoms with Crippen LogP contribution in [0.2, 0.25) is 0 Å². The molecule has 1 aliphatic heterocycles. The first-order valence-electron chi connectivity index (χ1n) is 8.85. The molecule has 0 spiro atoms. The molecule has 3 heterocycles. The first-order chi connectivity index (χ1) is 14.1. The Bertz CT molecular complexity index is 1010. The average Bonchev–Trinajstić information content (AvgIpc) is 3.49. The van der Waals surface area contributed by atoms with Crippen molar-refractivity contribution < 1.29 is 28.6 Å². The van der Waals surface area contributed by atoms with Crippen molar-refractivity contribution >= 4 is 23.2 Å². The normalized spacial score (nSPS) is 13.1. The second-order valence-electron chi connectivity index (χ2n) is 6.31. The highest BCUT2D eigenvalue weighted by Crippen LogP contribution is 2.32. The standard InChI is InChI=1S/C20H18N2O6S/c23-14(16-4-3-15(28-16)13-5-6-29-10-13)9-22-20(25)19(24)21-8-12-1-2-17-18(7-12)27-11-26-17/h1-7,10,14,23H,8-9,11H2,(H,21,24)(H,22,25)/t14-/m0/s1. The summed E-state index contributed by atoms with van der Waals surface area (Å²) in [6.07, 6.45) is -1.06. The molecule has 8 nitrogen and oxygen atoms in total. The van der Waals surface area contributed by atoms with Crippen molar-refractivity contribution in [2.75, 3.05) is 13.3 Å². The van der Waals surface area contributed by atoms with Gasteiger partial charge in [0.05, 0.1) is 6.54 Å². The summed E-state index contributed by atoms with van der Waals surface area (Å²) >= 11 is 1.54. The first-order valence-corrected chi connectivity index (χ1v) is 9.79. The molecule has 4 rings (SSSR count). The van der Waals surface area contributed by atoms with Crippen LogP contribution in [0.15, 0.2) is 51.6 Å². The number of hydrogen-bond acceptors (Lipinski definition) is 7. The molecule has 1 aliphatic rings. The quantitative estimate of drug-likeness (QED) is 0.534. The molecule has 2 amide bonds. The van der Waals surface area contributed by atoms with Gasteiger partial charge in [-0.1, -0.05) is 6.07 Å². The van der Waals surface area contributed by atoms with Gasteiger partial charge < -0.3 is 29.6 Å². The minimum Gasteiger partial charge on any atom is -0.458 e. The van der Waals surface area contributed by atoms with Gasteiger partial charge in [-0.05, 0) is 41.3 Å². The lowest BCUT2D eigenvalue weighted by molar-refractivity contribution is -0.139. The van der Waals surface area contributed by atoms with E-state index >= 15 is 0 Å². The summed E-state index contributed by atoms with van der Waals surface area (Å²) in [5, 5.41) is 19.0. The second-order valence-corrected chi connectivity index (χ2v) is 7.09. The Labute approximate surface area is 170 Å². The summed E-state index contributed by atoms with van der Waals surface area (Å²) in [7, 11) is 0. The zero-order valence-electron chi connectivity index (χ0n) is 15.2. The van der Waals surface area contributed by atoms with Gasteiger partial charge in [0.25, 0.3) is 0 Å². The van der Waals surface area contributed by atoms with Crippen LogP contribution >= 0.6 is 11.3 Å². The number of amides is 2. The summed E-state index contributed by atoms with van der Waals surface area (Å²) < 4.78 is 16.1. The molecule has 0 radical (unpaired) electrons. The summed E-state index contributed by atoms with van der Waals surface area (Å²) in [5.41, 5.74) is 1.69. The van der Waals surface area contributed by atoms with E-state index in [1.807, 2.05) is 16.8 Å². The van der Waals surface area contributed by atoms with E-state index in [4.69, 9.17) is 13.9 Å². The molecule has 1 aromatic carbocycles. The lowest BCUT2D eigenvalue weighted by Gasteiger charge is -2.10. The topological polar surface area (TPSA) is 110 Å². The van der Waals surface area contributed by atoms with Crippen LogP contribution in [0.5, 0.6) is 11.5 Å².